The number of morpholine rings is 1. The number of ether oxygens (including phenoxy) is 2. The second-order valence-electron chi connectivity index (χ2n) is 8.05. The van der Waals surface area contributed by atoms with Gasteiger partial charge >= 0.3 is 0 Å². The molecule has 0 unspecified atom stereocenters. The zero-order valence-electron chi connectivity index (χ0n) is 19.0. The van der Waals surface area contributed by atoms with E-state index in [4.69, 9.17) is 9.47 Å². The van der Waals surface area contributed by atoms with Crippen LogP contribution in [-0.2, 0) is 29.1 Å². The molecule has 0 aromatic heterocycles. The van der Waals surface area contributed by atoms with Crippen LogP contribution in [0.5, 0.6) is 0 Å². The Kier molecular flexibility index (Phi) is 7.31. The summed E-state index contributed by atoms with van der Waals surface area (Å²) in [6.07, 6.45) is 0. The van der Waals surface area contributed by atoms with E-state index >= 15 is 0 Å². The monoisotopic (exact) mass is 504 g/mol. The van der Waals surface area contributed by atoms with Crippen molar-refractivity contribution < 1.29 is 37.0 Å². The molecule has 2 aliphatic heterocycles. The van der Waals surface area contributed by atoms with E-state index in [0.717, 1.165) is 4.90 Å². The fourth-order valence-corrected chi connectivity index (χ4v) is 5.60. The van der Waals surface area contributed by atoms with Gasteiger partial charge in [0, 0.05) is 37.9 Å². The molecule has 1 N–H and O–H groups in total. The average Bonchev–Trinajstić information content (AvgIpc) is 3.12. The number of halogens is 1. The Bertz CT molecular complexity index is 1250. The van der Waals surface area contributed by atoms with Gasteiger partial charge in [0.25, 0.3) is 11.7 Å². The number of carbonyl (C=O) groups is 2. The third-order valence-electron chi connectivity index (χ3n) is 6.01. The number of likely N-dealkylation sites (tertiary alicyclic amines) is 1. The fourth-order valence-electron chi connectivity index (χ4n) is 4.20. The predicted molar refractivity (Wildman–Crippen MR) is 123 cm³/mol. The first-order valence-electron chi connectivity index (χ1n) is 11.0. The third-order valence-corrected chi connectivity index (χ3v) is 7.92. The van der Waals surface area contributed by atoms with Gasteiger partial charge in [-0.15, -0.1) is 0 Å². The highest BCUT2D eigenvalue weighted by Crippen LogP contribution is 2.40. The molecular weight excluding hydrogens is 479 g/mol. The van der Waals surface area contributed by atoms with Gasteiger partial charge in [-0.3, -0.25) is 9.59 Å². The maximum absolute atomic E-state index is 14.7. The molecule has 0 saturated carbocycles. The lowest BCUT2D eigenvalue weighted by atomic mass is 9.95. The molecule has 186 valence electrons. The zero-order chi connectivity index (χ0) is 25.2. The van der Waals surface area contributed by atoms with Gasteiger partial charge < -0.3 is 19.5 Å². The zero-order valence-corrected chi connectivity index (χ0v) is 19.8. The molecule has 0 spiro atoms. The van der Waals surface area contributed by atoms with Crippen LogP contribution in [0.4, 0.5) is 4.39 Å². The lowest BCUT2D eigenvalue weighted by molar-refractivity contribution is -0.140. The smallest absolute Gasteiger partial charge is 0.295 e. The molecule has 0 radical (unpaired) electrons. The van der Waals surface area contributed by atoms with E-state index in [9.17, 15) is 27.5 Å². The molecule has 0 aliphatic carbocycles. The molecule has 1 amide bonds. The van der Waals surface area contributed by atoms with E-state index in [-0.39, 0.29) is 47.8 Å². The van der Waals surface area contributed by atoms with Crippen molar-refractivity contribution in [1.29, 1.82) is 0 Å². The van der Waals surface area contributed by atoms with Crippen molar-refractivity contribution in [3.05, 3.63) is 71.0 Å². The van der Waals surface area contributed by atoms with Gasteiger partial charge in [0.15, 0.2) is 0 Å². The molecule has 2 saturated heterocycles. The first-order valence-corrected chi connectivity index (χ1v) is 12.4. The summed E-state index contributed by atoms with van der Waals surface area (Å²) in [4.78, 5) is 26.9. The van der Waals surface area contributed by atoms with Crippen LogP contribution in [0.3, 0.4) is 0 Å². The first-order chi connectivity index (χ1) is 16.8. The number of hydrogen-bond acceptors (Lipinski definition) is 7. The number of aliphatic hydroxyl groups excluding tert-OH is 1. The predicted octanol–water partition coefficient (Wildman–Crippen LogP) is 1.91. The van der Waals surface area contributed by atoms with Crippen LogP contribution in [0.1, 0.15) is 17.2 Å². The standard InChI is InChI=1S/C24H25FN2O7S/c1-33-13-12-27-21(18-4-2-3-5-19(18)25)20(23(29)24(27)30)22(28)16-6-8-17(9-7-16)35(31,32)26-10-14-34-15-11-26/h2-9,21,28H,10-15H2,1H3/b22-20+/t21-/m0/s1. The highest BCUT2D eigenvalue weighted by Gasteiger charge is 2.46. The quantitative estimate of drug-likeness (QED) is 0.348. The van der Waals surface area contributed by atoms with Crippen LogP contribution in [0, 0.1) is 5.82 Å². The number of ketones is 1. The molecule has 2 fully saturated rings. The van der Waals surface area contributed by atoms with Gasteiger partial charge in [0.1, 0.15) is 11.6 Å². The molecule has 11 heteroatoms. The lowest BCUT2D eigenvalue weighted by Crippen LogP contribution is -2.40. The Morgan fingerprint density at radius 3 is 2.40 bits per heavy atom. The summed E-state index contributed by atoms with van der Waals surface area (Å²) in [5.74, 6) is -3.01. The van der Waals surface area contributed by atoms with Gasteiger partial charge in [-0.25, -0.2) is 12.8 Å². The summed E-state index contributed by atoms with van der Waals surface area (Å²) in [5, 5.41) is 11.1. The number of Topliss-reactive ketones (excluding diaryl/α,β-unsaturated/α-hetero) is 1. The number of methoxy groups -OCH3 is 1. The number of sulfonamides is 1. The summed E-state index contributed by atoms with van der Waals surface area (Å²) in [6.45, 7) is 1.18. The van der Waals surface area contributed by atoms with E-state index in [1.165, 1.54) is 53.9 Å². The van der Waals surface area contributed by atoms with E-state index < -0.39 is 39.3 Å². The third kappa shape index (κ3) is 4.72. The number of benzene rings is 2. The minimum atomic E-state index is -3.76. The molecule has 2 aliphatic rings. The van der Waals surface area contributed by atoms with Crippen LogP contribution < -0.4 is 0 Å². The first kappa shape index (κ1) is 25.0. The normalized spacial score (nSPS) is 21.0. The molecule has 2 aromatic carbocycles. The number of carbonyl (C=O) groups excluding carboxylic acids is 2. The Balaban J connectivity index is 1.75. The van der Waals surface area contributed by atoms with Crippen molar-refractivity contribution in [2.45, 2.75) is 10.9 Å². The SMILES string of the molecule is COCCN1C(=O)C(=O)/C(=C(/O)c2ccc(S(=O)(=O)N3CCOCC3)cc2)[C@@H]1c1ccccc1F. The van der Waals surface area contributed by atoms with E-state index in [1.807, 2.05) is 0 Å². The van der Waals surface area contributed by atoms with Crippen molar-refractivity contribution in [2.75, 3.05) is 46.6 Å². The van der Waals surface area contributed by atoms with Gasteiger partial charge in [-0.1, -0.05) is 18.2 Å². The summed E-state index contributed by atoms with van der Waals surface area (Å²) >= 11 is 0. The van der Waals surface area contributed by atoms with E-state index in [0.29, 0.717) is 13.2 Å². The second kappa shape index (κ2) is 10.2. The number of hydrogen-bond donors (Lipinski definition) is 1. The molecule has 1 atom stereocenters. The van der Waals surface area contributed by atoms with Crippen LogP contribution in [-0.4, -0.2) is 81.0 Å². The van der Waals surface area contributed by atoms with Crippen LogP contribution in [0.25, 0.3) is 5.76 Å². The summed E-state index contributed by atoms with van der Waals surface area (Å²) in [7, 11) is -2.33. The van der Waals surface area contributed by atoms with Gasteiger partial charge in [0.05, 0.1) is 36.3 Å². The molecule has 35 heavy (non-hydrogen) atoms. The lowest BCUT2D eigenvalue weighted by Gasteiger charge is -2.26. The highest BCUT2D eigenvalue weighted by atomic mass is 32.2. The Morgan fingerprint density at radius 1 is 1.11 bits per heavy atom. The maximum atomic E-state index is 14.7. The van der Waals surface area contributed by atoms with Crippen LogP contribution >= 0.6 is 0 Å². The van der Waals surface area contributed by atoms with E-state index in [1.54, 1.807) is 6.07 Å². The maximum Gasteiger partial charge on any atom is 0.295 e. The Morgan fingerprint density at radius 2 is 1.77 bits per heavy atom. The van der Waals surface area contributed by atoms with Crippen molar-refractivity contribution >= 4 is 27.5 Å². The topological polar surface area (TPSA) is 113 Å². The Labute approximate surface area is 202 Å². The molecular formula is C24H25FN2O7S. The molecule has 9 nitrogen and oxygen atoms in total. The average molecular weight is 505 g/mol. The largest absolute Gasteiger partial charge is 0.507 e. The number of aliphatic hydroxyl groups is 1. The number of nitrogens with zero attached hydrogens (tertiary/aromatic N) is 2. The van der Waals surface area contributed by atoms with Crippen molar-refractivity contribution in [1.82, 2.24) is 9.21 Å². The second-order valence-corrected chi connectivity index (χ2v) is 9.99. The summed E-state index contributed by atoms with van der Waals surface area (Å²) in [5.41, 5.74) is -0.104. The molecule has 4 rings (SSSR count). The van der Waals surface area contributed by atoms with Crippen LogP contribution in [0.15, 0.2) is 59.0 Å². The minimum absolute atomic E-state index is 0.00752. The van der Waals surface area contributed by atoms with Crippen molar-refractivity contribution in [2.24, 2.45) is 0 Å². The molecule has 0 bridgehead atoms. The number of amides is 1. The summed E-state index contributed by atoms with van der Waals surface area (Å²) < 4.78 is 52.0. The fraction of sp³-hybridized carbons (Fsp3) is 0.333. The summed E-state index contributed by atoms with van der Waals surface area (Å²) in [6, 6.07) is 9.87. The van der Waals surface area contributed by atoms with Crippen molar-refractivity contribution in [3.8, 4) is 0 Å². The molecule has 2 heterocycles. The molecule has 2 aromatic rings. The highest BCUT2D eigenvalue weighted by molar-refractivity contribution is 7.89. The van der Waals surface area contributed by atoms with Crippen molar-refractivity contribution in [3.63, 3.8) is 0 Å². The Hall–Kier alpha value is -3.12. The number of rotatable bonds is 7. The van der Waals surface area contributed by atoms with Gasteiger partial charge in [-0.05, 0) is 30.3 Å². The van der Waals surface area contributed by atoms with E-state index in [2.05, 4.69) is 0 Å². The minimum Gasteiger partial charge on any atom is -0.507 e. The van der Waals surface area contributed by atoms with Gasteiger partial charge in [-0.2, -0.15) is 4.31 Å². The van der Waals surface area contributed by atoms with Gasteiger partial charge in [0.2, 0.25) is 10.0 Å². The van der Waals surface area contributed by atoms with Crippen LogP contribution in [0.2, 0.25) is 0 Å².